The average Bonchev–Trinajstić information content (AvgIpc) is 3.04. The Morgan fingerprint density at radius 3 is 2.35 bits per heavy atom. The van der Waals surface area contributed by atoms with Gasteiger partial charge in [0, 0.05) is 16.5 Å². The first-order chi connectivity index (χ1) is 12.4. The van der Waals surface area contributed by atoms with E-state index < -0.39 is 0 Å². The summed E-state index contributed by atoms with van der Waals surface area (Å²) >= 11 is 0. The van der Waals surface area contributed by atoms with E-state index in [4.69, 9.17) is 4.42 Å². The molecule has 0 spiro atoms. The Labute approximate surface area is 154 Å². The van der Waals surface area contributed by atoms with Crippen LogP contribution in [0.1, 0.15) is 31.9 Å². The van der Waals surface area contributed by atoms with Crippen LogP contribution in [0.3, 0.4) is 0 Å². The Morgan fingerprint density at radius 2 is 1.62 bits per heavy atom. The van der Waals surface area contributed by atoms with Crippen LogP contribution >= 0.6 is 0 Å². The Bertz CT molecular complexity index is 1070. The Balaban J connectivity index is 1.80. The third kappa shape index (κ3) is 3.15. The minimum Gasteiger partial charge on any atom is -0.454 e. The number of nitrogens with zero attached hydrogens (tertiary/aromatic N) is 1. The highest BCUT2D eigenvalue weighted by atomic mass is 16.3. The highest BCUT2D eigenvalue weighted by Crippen LogP contribution is 2.32. The quantitative estimate of drug-likeness (QED) is 0.402. The molecule has 0 aliphatic carbocycles. The van der Waals surface area contributed by atoms with Gasteiger partial charge >= 0.3 is 0 Å². The Morgan fingerprint density at radius 1 is 0.846 bits per heavy atom. The van der Waals surface area contributed by atoms with Gasteiger partial charge in [0.15, 0.2) is 5.58 Å². The summed E-state index contributed by atoms with van der Waals surface area (Å²) in [7, 11) is 0. The molecule has 0 aliphatic heterocycles. The van der Waals surface area contributed by atoms with E-state index >= 15 is 0 Å². The number of benzene rings is 2. The van der Waals surface area contributed by atoms with Crippen molar-refractivity contribution >= 4 is 11.0 Å². The van der Waals surface area contributed by atoms with Crippen LogP contribution in [-0.2, 0) is 5.41 Å². The van der Waals surface area contributed by atoms with Crippen molar-refractivity contribution in [3.8, 4) is 22.6 Å². The number of aryl methyl sites for hydroxylation is 1. The van der Waals surface area contributed by atoms with E-state index in [1.165, 1.54) is 11.1 Å². The molecule has 0 aliphatic rings. The number of pyridine rings is 1. The number of hydrogen-bond acceptors (Lipinski definition) is 2. The maximum absolute atomic E-state index is 5.98. The second-order valence-corrected chi connectivity index (χ2v) is 7.92. The van der Waals surface area contributed by atoms with Crippen LogP contribution in [0.25, 0.3) is 33.6 Å². The fourth-order valence-corrected chi connectivity index (χ4v) is 3.21. The maximum Gasteiger partial charge on any atom is 0.153 e. The molecule has 4 rings (SSSR count). The minimum absolute atomic E-state index is 0.112. The topological polar surface area (TPSA) is 26.0 Å². The first-order valence-corrected chi connectivity index (χ1v) is 8.98. The van der Waals surface area contributed by atoms with Crippen LogP contribution in [0, 0.1) is 6.92 Å². The Hall–Kier alpha value is -2.87. The molecule has 0 fully saturated rings. The van der Waals surface area contributed by atoms with Gasteiger partial charge in [-0.05, 0) is 42.2 Å². The van der Waals surface area contributed by atoms with Gasteiger partial charge in [0.05, 0.1) is 11.9 Å². The molecule has 0 amide bonds. The van der Waals surface area contributed by atoms with Gasteiger partial charge in [0.2, 0.25) is 0 Å². The molecule has 2 aromatic heterocycles. The Kier molecular flexibility index (Phi) is 3.91. The van der Waals surface area contributed by atoms with Gasteiger partial charge in [0.1, 0.15) is 5.76 Å². The molecule has 2 nitrogen and oxygen atoms in total. The molecule has 0 unspecified atom stereocenters. The smallest absolute Gasteiger partial charge is 0.153 e. The number of aromatic nitrogens is 1. The molecule has 130 valence electrons. The lowest BCUT2D eigenvalue weighted by Gasteiger charge is -2.20. The van der Waals surface area contributed by atoms with Crippen molar-refractivity contribution in [3.05, 3.63) is 78.0 Å². The van der Waals surface area contributed by atoms with E-state index in [0.29, 0.717) is 0 Å². The molecular formula is C24H23NO. The van der Waals surface area contributed by atoms with Crippen LogP contribution in [0.15, 0.2) is 71.3 Å². The zero-order valence-corrected chi connectivity index (χ0v) is 15.7. The number of hydrogen-bond donors (Lipinski definition) is 0. The van der Waals surface area contributed by atoms with Crippen molar-refractivity contribution in [2.24, 2.45) is 0 Å². The molecular weight excluding hydrogens is 318 g/mol. The van der Waals surface area contributed by atoms with E-state index in [2.05, 4.69) is 75.1 Å². The molecule has 0 N–H and O–H groups in total. The van der Waals surface area contributed by atoms with E-state index in [1.807, 2.05) is 24.4 Å². The van der Waals surface area contributed by atoms with Crippen molar-refractivity contribution in [1.82, 2.24) is 4.98 Å². The minimum atomic E-state index is 0.112. The molecule has 2 heteroatoms. The van der Waals surface area contributed by atoms with Crippen molar-refractivity contribution in [2.45, 2.75) is 33.1 Å². The standard InChI is InChI=1S/C24H23NO/c1-16-10-18(12-20(11-16)24(2,3)4)21-13-19-14-22(26-23(19)15-25-21)17-8-6-5-7-9-17/h5-15H,1-4H3. The van der Waals surface area contributed by atoms with Crippen molar-refractivity contribution < 1.29 is 4.42 Å². The summed E-state index contributed by atoms with van der Waals surface area (Å²) in [6.07, 6.45) is 1.83. The first kappa shape index (κ1) is 16.6. The van der Waals surface area contributed by atoms with Gasteiger partial charge in [0.25, 0.3) is 0 Å². The molecule has 2 aromatic carbocycles. The molecule has 2 heterocycles. The SMILES string of the molecule is Cc1cc(-c2cc3cc(-c4ccccc4)oc3cn2)cc(C(C)(C)C)c1. The third-order valence-electron chi connectivity index (χ3n) is 4.70. The summed E-state index contributed by atoms with van der Waals surface area (Å²) in [5.74, 6) is 0.874. The number of rotatable bonds is 2. The van der Waals surface area contributed by atoms with Gasteiger partial charge in [-0.15, -0.1) is 0 Å². The van der Waals surface area contributed by atoms with Gasteiger partial charge in [-0.3, -0.25) is 4.98 Å². The number of furan rings is 1. The highest BCUT2D eigenvalue weighted by molar-refractivity contribution is 5.85. The zero-order chi connectivity index (χ0) is 18.3. The van der Waals surface area contributed by atoms with E-state index in [1.54, 1.807) is 0 Å². The molecule has 0 saturated carbocycles. The van der Waals surface area contributed by atoms with Crippen molar-refractivity contribution in [1.29, 1.82) is 0 Å². The monoisotopic (exact) mass is 341 g/mol. The lowest BCUT2D eigenvalue weighted by molar-refractivity contribution is 0.590. The second kappa shape index (κ2) is 6.14. The summed E-state index contributed by atoms with van der Waals surface area (Å²) in [4.78, 5) is 4.65. The van der Waals surface area contributed by atoms with Crippen LogP contribution in [0.5, 0.6) is 0 Å². The molecule has 4 aromatic rings. The summed E-state index contributed by atoms with van der Waals surface area (Å²) in [6.45, 7) is 8.86. The summed E-state index contributed by atoms with van der Waals surface area (Å²) in [6, 6.07) is 21.1. The summed E-state index contributed by atoms with van der Waals surface area (Å²) < 4.78 is 5.98. The van der Waals surface area contributed by atoms with Crippen LogP contribution in [0.2, 0.25) is 0 Å². The largest absolute Gasteiger partial charge is 0.454 e. The van der Waals surface area contributed by atoms with Gasteiger partial charge in [-0.25, -0.2) is 0 Å². The number of fused-ring (bicyclic) bond motifs is 1. The second-order valence-electron chi connectivity index (χ2n) is 7.92. The fraction of sp³-hybridized carbons (Fsp3) is 0.208. The normalized spacial score (nSPS) is 11.8. The summed E-state index contributed by atoms with van der Waals surface area (Å²) in [5, 5.41) is 1.08. The first-order valence-electron chi connectivity index (χ1n) is 8.98. The van der Waals surface area contributed by atoms with E-state index in [0.717, 1.165) is 33.6 Å². The van der Waals surface area contributed by atoms with E-state index in [-0.39, 0.29) is 5.41 Å². The third-order valence-corrected chi connectivity index (χ3v) is 4.70. The zero-order valence-electron chi connectivity index (χ0n) is 15.7. The van der Waals surface area contributed by atoms with Crippen LogP contribution in [-0.4, -0.2) is 4.98 Å². The molecule has 26 heavy (non-hydrogen) atoms. The van der Waals surface area contributed by atoms with Crippen molar-refractivity contribution in [2.75, 3.05) is 0 Å². The molecule has 0 radical (unpaired) electrons. The maximum atomic E-state index is 5.98. The van der Waals surface area contributed by atoms with Gasteiger partial charge in [-0.1, -0.05) is 62.7 Å². The van der Waals surface area contributed by atoms with Crippen LogP contribution in [0.4, 0.5) is 0 Å². The fourth-order valence-electron chi connectivity index (χ4n) is 3.21. The summed E-state index contributed by atoms with van der Waals surface area (Å²) in [5.41, 5.74) is 6.72. The molecule has 0 bridgehead atoms. The lowest BCUT2D eigenvalue weighted by Crippen LogP contribution is -2.11. The molecule has 0 saturated heterocycles. The van der Waals surface area contributed by atoms with Gasteiger partial charge < -0.3 is 4.42 Å². The van der Waals surface area contributed by atoms with E-state index in [9.17, 15) is 0 Å². The highest BCUT2D eigenvalue weighted by Gasteiger charge is 2.16. The average molecular weight is 341 g/mol. The van der Waals surface area contributed by atoms with Crippen LogP contribution < -0.4 is 0 Å². The predicted octanol–water partition coefficient (Wildman–Crippen LogP) is 6.77. The van der Waals surface area contributed by atoms with Crippen molar-refractivity contribution in [3.63, 3.8) is 0 Å². The van der Waals surface area contributed by atoms with Gasteiger partial charge in [-0.2, -0.15) is 0 Å². The predicted molar refractivity (Wildman–Crippen MR) is 108 cm³/mol. The lowest BCUT2D eigenvalue weighted by atomic mass is 9.85. The molecule has 0 atom stereocenters.